The maximum absolute atomic E-state index is 13.3. The summed E-state index contributed by atoms with van der Waals surface area (Å²) in [6.45, 7) is 3.95. The van der Waals surface area contributed by atoms with Crippen molar-refractivity contribution in [2.24, 2.45) is 0 Å². The summed E-state index contributed by atoms with van der Waals surface area (Å²) in [7, 11) is -3.96. The number of sulfonamides is 1. The van der Waals surface area contributed by atoms with E-state index in [0.717, 1.165) is 15.6 Å². The zero-order chi connectivity index (χ0) is 23.1. The van der Waals surface area contributed by atoms with Crippen molar-refractivity contribution in [1.82, 2.24) is 5.32 Å². The van der Waals surface area contributed by atoms with Crippen molar-refractivity contribution in [2.45, 2.75) is 24.8 Å². The molecule has 3 aromatic carbocycles. The summed E-state index contributed by atoms with van der Waals surface area (Å²) < 4.78 is 33.1. The van der Waals surface area contributed by atoms with Gasteiger partial charge in [0.05, 0.1) is 23.2 Å². The lowest BCUT2D eigenvalue weighted by atomic mass is 10.1. The first-order chi connectivity index (χ1) is 15.3. The molecule has 1 N–H and O–H groups in total. The lowest BCUT2D eigenvalue weighted by Gasteiger charge is -2.25. The number of hydrogen-bond donors (Lipinski definition) is 1. The van der Waals surface area contributed by atoms with Gasteiger partial charge in [0.25, 0.3) is 10.0 Å². The average Bonchev–Trinajstić information content (AvgIpc) is 2.79. The number of nitrogens with zero attached hydrogens (tertiary/aromatic N) is 1. The molecule has 0 heterocycles. The van der Waals surface area contributed by atoms with E-state index in [1.165, 1.54) is 12.1 Å². The molecule has 0 unspecified atom stereocenters. The number of halogens is 1. The molecule has 0 aliphatic heterocycles. The Morgan fingerprint density at radius 3 is 2.22 bits per heavy atom. The first-order valence-corrected chi connectivity index (χ1v) is 12.0. The monoisotopic (exact) mass is 472 g/mol. The topological polar surface area (TPSA) is 75.7 Å². The molecule has 0 fully saturated rings. The minimum atomic E-state index is -3.96. The van der Waals surface area contributed by atoms with E-state index >= 15 is 0 Å². The van der Waals surface area contributed by atoms with Crippen LogP contribution in [-0.4, -0.2) is 27.5 Å². The van der Waals surface area contributed by atoms with Crippen molar-refractivity contribution in [3.63, 3.8) is 0 Å². The first kappa shape index (κ1) is 23.6. The summed E-state index contributed by atoms with van der Waals surface area (Å²) in [5.74, 6) is 0.318. The van der Waals surface area contributed by atoms with Gasteiger partial charge in [-0.3, -0.25) is 9.10 Å². The van der Waals surface area contributed by atoms with Crippen LogP contribution in [0.4, 0.5) is 5.69 Å². The number of carbonyl (C=O) groups excluding carboxylic acids is 1. The van der Waals surface area contributed by atoms with Crippen LogP contribution in [0.1, 0.15) is 25.5 Å². The summed E-state index contributed by atoms with van der Waals surface area (Å²) in [4.78, 5) is 13.0. The highest BCUT2D eigenvalue weighted by atomic mass is 35.5. The van der Waals surface area contributed by atoms with Crippen LogP contribution in [0, 0.1) is 0 Å². The van der Waals surface area contributed by atoms with Gasteiger partial charge in [-0.1, -0.05) is 41.9 Å². The van der Waals surface area contributed by atoms with Crippen LogP contribution in [0.5, 0.6) is 5.75 Å². The number of ether oxygens (including phenoxy) is 1. The van der Waals surface area contributed by atoms with E-state index in [-0.39, 0.29) is 17.5 Å². The summed E-state index contributed by atoms with van der Waals surface area (Å²) in [6.07, 6.45) is 0. The molecule has 1 atom stereocenters. The summed E-state index contributed by atoms with van der Waals surface area (Å²) in [5, 5.41) is 3.34. The highest BCUT2D eigenvalue weighted by Crippen LogP contribution is 2.25. The van der Waals surface area contributed by atoms with E-state index in [9.17, 15) is 13.2 Å². The minimum absolute atomic E-state index is 0.0994. The van der Waals surface area contributed by atoms with Crippen molar-refractivity contribution < 1.29 is 17.9 Å². The Labute approximate surface area is 193 Å². The van der Waals surface area contributed by atoms with E-state index in [2.05, 4.69) is 5.32 Å². The van der Waals surface area contributed by atoms with Gasteiger partial charge in [0.15, 0.2) is 0 Å². The van der Waals surface area contributed by atoms with Gasteiger partial charge in [-0.15, -0.1) is 0 Å². The maximum atomic E-state index is 13.3. The van der Waals surface area contributed by atoms with Crippen molar-refractivity contribution in [2.75, 3.05) is 17.5 Å². The third-order valence-electron chi connectivity index (χ3n) is 4.80. The minimum Gasteiger partial charge on any atom is -0.494 e. The molecule has 32 heavy (non-hydrogen) atoms. The van der Waals surface area contributed by atoms with Gasteiger partial charge in [-0.05, 0) is 67.9 Å². The summed E-state index contributed by atoms with van der Waals surface area (Å²) >= 11 is 5.96. The Kier molecular flexibility index (Phi) is 7.77. The lowest BCUT2D eigenvalue weighted by molar-refractivity contribution is -0.120. The van der Waals surface area contributed by atoms with Gasteiger partial charge in [0.2, 0.25) is 5.91 Å². The second-order valence-corrected chi connectivity index (χ2v) is 9.39. The molecular formula is C24H25ClN2O4S. The van der Waals surface area contributed by atoms with Gasteiger partial charge < -0.3 is 10.1 Å². The van der Waals surface area contributed by atoms with Gasteiger partial charge >= 0.3 is 0 Å². The van der Waals surface area contributed by atoms with E-state index < -0.39 is 15.9 Å². The average molecular weight is 473 g/mol. The Hall–Kier alpha value is -3.03. The molecule has 6 nitrogen and oxygen atoms in total. The Balaban J connectivity index is 1.81. The highest BCUT2D eigenvalue weighted by molar-refractivity contribution is 7.92. The van der Waals surface area contributed by atoms with Crippen molar-refractivity contribution in [1.29, 1.82) is 0 Å². The molecular weight excluding hydrogens is 448 g/mol. The van der Waals surface area contributed by atoms with Crippen LogP contribution < -0.4 is 14.4 Å². The predicted molar refractivity (Wildman–Crippen MR) is 127 cm³/mol. The third kappa shape index (κ3) is 5.81. The first-order valence-electron chi connectivity index (χ1n) is 10.2. The normalized spacial score (nSPS) is 12.1. The molecule has 0 saturated heterocycles. The molecule has 0 aliphatic rings. The molecule has 1 amide bonds. The number of rotatable bonds is 9. The molecule has 8 heteroatoms. The zero-order valence-corrected chi connectivity index (χ0v) is 19.4. The quantitative estimate of drug-likeness (QED) is 0.484. The molecule has 0 aliphatic carbocycles. The molecule has 168 valence electrons. The number of carbonyl (C=O) groups is 1. The van der Waals surface area contributed by atoms with E-state index in [4.69, 9.17) is 16.3 Å². The van der Waals surface area contributed by atoms with Crippen molar-refractivity contribution >= 4 is 33.2 Å². The molecule has 0 radical (unpaired) electrons. The van der Waals surface area contributed by atoms with Crippen LogP contribution in [0.15, 0.2) is 83.8 Å². The van der Waals surface area contributed by atoms with Gasteiger partial charge in [0, 0.05) is 5.02 Å². The Morgan fingerprint density at radius 1 is 1.00 bits per heavy atom. The largest absolute Gasteiger partial charge is 0.494 e. The third-order valence-corrected chi connectivity index (χ3v) is 6.84. The zero-order valence-electron chi connectivity index (χ0n) is 17.9. The van der Waals surface area contributed by atoms with Gasteiger partial charge in [-0.2, -0.15) is 0 Å². The fourth-order valence-electron chi connectivity index (χ4n) is 3.16. The van der Waals surface area contributed by atoms with Crippen LogP contribution in [-0.2, 0) is 14.8 Å². The maximum Gasteiger partial charge on any atom is 0.264 e. The number of benzene rings is 3. The summed E-state index contributed by atoms with van der Waals surface area (Å²) in [5.41, 5.74) is 1.23. The van der Waals surface area contributed by atoms with Crippen molar-refractivity contribution in [3.8, 4) is 5.75 Å². The standard InChI is InChI=1S/C24H25ClN2O4S/c1-3-31-22-15-9-19(10-16-22)18(2)26-24(28)17-27(21-13-11-20(25)12-14-21)32(29,30)23-7-5-4-6-8-23/h4-16,18H,3,17H2,1-2H3,(H,26,28)/t18-/m0/s1. The van der Waals surface area contributed by atoms with Crippen LogP contribution in [0.2, 0.25) is 5.02 Å². The Morgan fingerprint density at radius 2 is 1.62 bits per heavy atom. The molecule has 0 aromatic heterocycles. The van der Waals surface area contributed by atoms with Gasteiger partial charge in [0.1, 0.15) is 12.3 Å². The smallest absolute Gasteiger partial charge is 0.264 e. The van der Waals surface area contributed by atoms with E-state index in [0.29, 0.717) is 17.3 Å². The second-order valence-electron chi connectivity index (χ2n) is 7.09. The van der Waals surface area contributed by atoms with E-state index in [1.54, 1.807) is 42.5 Å². The summed E-state index contributed by atoms with van der Waals surface area (Å²) in [6, 6.07) is 21.4. The number of hydrogen-bond acceptors (Lipinski definition) is 4. The number of amides is 1. The fourth-order valence-corrected chi connectivity index (χ4v) is 4.73. The highest BCUT2D eigenvalue weighted by Gasteiger charge is 2.27. The van der Waals surface area contributed by atoms with Gasteiger partial charge in [-0.25, -0.2) is 8.42 Å². The fraction of sp³-hybridized carbons (Fsp3) is 0.208. The molecule has 3 rings (SSSR count). The molecule has 0 spiro atoms. The SMILES string of the molecule is CCOc1ccc([C@H](C)NC(=O)CN(c2ccc(Cl)cc2)S(=O)(=O)c2ccccc2)cc1. The lowest BCUT2D eigenvalue weighted by Crippen LogP contribution is -2.41. The van der Waals surface area contributed by atoms with Crippen molar-refractivity contribution in [3.05, 3.63) is 89.4 Å². The van der Waals surface area contributed by atoms with Crippen LogP contribution in [0.25, 0.3) is 0 Å². The molecule has 0 saturated carbocycles. The van der Waals surface area contributed by atoms with E-state index in [1.807, 2.05) is 38.1 Å². The molecule has 0 bridgehead atoms. The predicted octanol–water partition coefficient (Wildman–Crippen LogP) is 4.81. The Bertz CT molecular complexity index is 1130. The second kappa shape index (κ2) is 10.5. The van der Waals surface area contributed by atoms with Crippen LogP contribution >= 0.6 is 11.6 Å². The molecule has 3 aromatic rings. The number of nitrogens with one attached hydrogen (secondary N) is 1. The van der Waals surface area contributed by atoms with Crippen LogP contribution in [0.3, 0.4) is 0 Å². The number of anilines is 1.